The molecule has 0 aliphatic carbocycles. The van der Waals surface area contributed by atoms with Crippen LogP contribution < -0.4 is 5.32 Å². The van der Waals surface area contributed by atoms with E-state index < -0.39 is 0 Å². The largest absolute Gasteiger partial charge is 0.314 e. The van der Waals surface area contributed by atoms with Gasteiger partial charge in [0.2, 0.25) is 0 Å². The molecule has 2 nitrogen and oxygen atoms in total. The summed E-state index contributed by atoms with van der Waals surface area (Å²) in [6.45, 7) is 8.01. The molecule has 1 fully saturated rings. The number of hydrogen-bond donors (Lipinski definition) is 1. The number of nitrogens with zero attached hydrogens (tertiary/aromatic N) is 1. The van der Waals surface area contributed by atoms with Gasteiger partial charge in [-0.05, 0) is 35.9 Å². The highest BCUT2D eigenvalue weighted by Crippen LogP contribution is 2.25. The summed E-state index contributed by atoms with van der Waals surface area (Å²) in [5.41, 5.74) is 1.46. The molecule has 3 heteroatoms. The van der Waals surface area contributed by atoms with Gasteiger partial charge in [-0.2, -0.15) is 11.3 Å². The number of likely N-dealkylation sites (N-methyl/N-ethyl adjacent to an activating group) is 1. The first-order valence-corrected chi connectivity index (χ1v) is 6.25. The molecule has 1 unspecified atom stereocenters. The van der Waals surface area contributed by atoms with E-state index in [4.69, 9.17) is 0 Å². The van der Waals surface area contributed by atoms with Crippen molar-refractivity contribution in [2.24, 2.45) is 0 Å². The molecule has 1 aliphatic heterocycles. The standard InChI is InChI=1S/C11H18N2S/c1-3-13(11-6-12-7-11)9(2)10-4-5-14-8-10/h4-5,8-9,11-12H,3,6-7H2,1-2H3. The van der Waals surface area contributed by atoms with Crippen molar-refractivity contribution in [3.8, 4) is 0 Å². The highest BCUT2D eigenvalue weighted by atomic mass is 32.1. The maximum atomic E-state index is 3.34. The zero-order chi connectivity index (χ0) is 9.97. The summed E-state index contributed by atoms with van der Waals surface area (Å²) in [7, 11) is 0. The van der Waals surface area contributed by atoms with E-state index >= 15 is 0 Å². The molecule has 14 heavy (non-hydrogen) atoms. The highest BCUT2D eigenvalue weighted by Gasteiger charge is 2.27. The van der Waals surface area contributed by atoms with Crippen LogP contribution in [-0.2, 0) is 0 Å². The fraction of sp³-hybridized carbons (Fsp3) is 0.636. The fourth-order valence-electron chi connectivity index (χ4n) is 2.06. The van der Waals surface area contributed by atoms with Crippen LogP contribution in [0.3, 0.4) is 0 Å². The van der Waals surface area contributed by atoms with E-state index in [1.807, 2.05) is 0 Å². The van der Waals surface area contributed by atoms with E-state index in [1.165, 1.54) is 5.56 Å². The predicted octanol–water partition coefficient (Wildman–Crippen LogP) is 2.10. The monoisotopic (exact) mass is 210 g/mol. The van der Waals surface area contributed by atoms with Gasteiger partial charge in [0.1, 0.15) is 0 Å². The van der Waals surface area contributed by atoms with Gasteiger partial charge in [-0.25, -0.2) is 0 Å². The second kappa shape index (κ2) is 4.43. The Balaban J connectivity index is 2.03. The van der Waals surface area contributed by atoms with Crippen molar-refractivity contribution in [2.45, 2.75) is 25.9 Å². The molecule has 1 N–H and O–H groups in total. The van der Waals surface area contributed by atoms with Gasteiger partial charge in [-0.1, -0.05) is 6.92 Å². The van der Waals surface area contributed by atoms with Crippen molar-refractivity contribution in [2.75, 3.05) is 19.6 Å². The third kappa shape index (κ3) is 1.85. The molecule has 2 rings (SSSR count). The lowest BCUT2D eigenvalue weighted by molar-refractivity contribution is 0.110. The van der Waals surface area contributed by atoms with E-state index in [-0.39, 0.29) is 0 Å². The van der Waals surface area contributed by atoms with Crippen LogP contribution in [0.25, 0.3) is 0 Å². The van der Waals surface area contributed by atoms with Crippen LogP contribution in [0.4, 0.5) is 0 Å². The van der Waals surface area contributed by atoms with E-state index in [9.17, 15) is 0 Å². The van der Waals surface area contributed by atoms with Crippen LogP contribution >= 0.6 is 11.3 Å². The van der Waals surface area contributed by atoms with Gasteiger partial charge in [-0.15, -0.1) is 0 Å². The molecule has 78 valence electrons. The van der Waals surface area contributed by atoms with Gasteiger partial charge >= 0.3 is 0 Å². The minimum absolute atomic E-state index is 0.568. The van der Waals surface area contributed by atoms with Crippen LogP contribution in [0.15, 0.2) is 16.8 Å². The predicted molar refractivity (Wildman–Crippen MR) is 61.8 cm³/mol. The Bertz CT molecular complexity index is 267. The summed E-state index contributed by atoms with van der Waals surface area (Å²) in [6, 6.07) is 3.55. The third-order valence-electron chi connectivity index (χ3n) is 3.12. The van der Waals surface area contributed by atoms with Crippen LogP contribution in [0.5, 0.6) is 0 Å². The molecule has 0 saturated carbocycles. The molecule has 0 radical (unpaired) electrons. The maximum Gasteiger partial charge on any atom is 0.0351 e. The molecule has 2 heterocycles. The van der Waals surface area contributed by atoms with Crippen molar-refractivity contribution in [1.82, 2.24) is 10.2 Å². The Morgan fingerprint density at radius 2 is 2.43 bits per heavy atom. The fourth-order valence-corrected chi connectivity index (χ4v) is 2.81. The van der Waals surface area contributed by atoms with E-state index in [0.717, 1.165) is 25.7 Å². The van der Waals surface area contributed by atoms with Gasteiger partial charge in [0.25, 0.3) is 0 Å². The molecule has 1 aromatic heterocycles. The number of hydrogen-bond acceptors (Lipinski definition) is 3. The lowest BCUT2D eigenvalue weighted by Crippen LogP contribution is -2.57. The first-order valence-electron chi connectivity index (χ1n) is 5.31. The highest BCUT2D eigenvalue weighted by molar-refractivity contribution is 7.07. The molecular formula is C11H18N2S. The average molecular weight is 210 g/mol. The SMILES string of the molecule is CCN(C1CNC1)C(C)c1ccsc1. The van der Waals surface area contributed by atoms with Crippen LogP contribution in [0.2, 0.25) is 0 Å². The van der Waals surface area contributed by atoms with Gasteiger partial charge in [-0.3, -0.25) is 4.90 Å². The molecule has 0 bridgehead atoms. The molecule has 1 aliphatic rings. The summed E-state index contributed by atoms with van der Waals surface area (Å²) in [5.74, 6) is 0. The van der Waals surface area contributed by atoms with E-state index in [0.29, 0.717) is 6.04 Å². The summed E-state index contributed by atoms with van der Waals surface area (Å²) < 4.78 is 0. The Morgan fingerprint density at radius 1 is 1.64 bits per heavy atom. The molecule has 0 amide bonds. The Morgan fingerprint density at radius 3 is 2.86 bits per heavy atom. The Hall–Kier alpha value is -0.380. The maximum absolute atomic E-state index is 3.34. The summed E-state index contributed by atoms with van der Waals surface area (Å²) in [5, 5.41) is 7.77. The van der Waals surface area contributed by atoms with E-state index in [2.05, 4.69) is 40.9 Å². The zero-order valence-electron chi connectivity index (χ0n) is 8.86. The lowest BCUT2D eigenvalue weighted by Gasteiger charge is -2.41. The second-order valence-electron chi connectivity index (χ2n) is 3.88. The van der Waals surface area contributed by atoms with Gasteiger partial charge in [0, 0.05) is 25.2 Å². The second-order valence-corrected chi connectivity index (χ2v) is 4.66. The van der Waals surface area contributed by atoms with Gasteiger partial charge < -0.3 is 5.32 Å². The number of nitrogens with one attached hydrogen (secondary N) is 1. The molecule has 1 atom stereocenters. The minimum Gasteiger partial charge on any atom is -0.314 e. The average Bonchev–Trinajstić information content (AvgIpc) is 2.62. The number of thiophene rings is 1. The zero-order valence-corrected chi connectivity index (χ0v) is 9.68. The Kier molecular flexibility index (Phi) is 3.21. The summed E-state index contributed by atoms with van der Waals surface area (Å²) in [6.07, 6.45) is 0. The smallest absolute Gasteiger partial charge is 0.0351 e. The van der Waals surface area contributed by atoms with Crippen molar-refractivity contribution < 1.29 is 0 Å². The Labute approximate surface area is 89.9 Å². The first-order chi connectivity index (χ1) is 6.83. The van der Waals surface area contributed by atoms with Crippen molar-refractivity contribution >= 4 is 11.3 Å². The molecule has 1 aromatic rings. The molecule has 1 saturated heterocycles. The van der Waals surface area contributed by atoms with Gasteiger partial charge in [0.05, 0.1) is 0 Å². The topological polar surface area (TPSA) is 15.3 Å². The van der Waals surface area contributed by atoms with Crippen LogP contribution in [0.1, 0.15) is 25.5 Å². The van der Waals surface area contributed by atoms with Crippen molar-refractivity contribution in [3.05, 3.63) is 22.4 Å². The number of rotatable bonds is 4. The summed E-state index contributed by atoms with van der Waals surface area (Å²) in [4.78, 5) is 2.58. The quantitative estimate of drug-likeness (QED) is 0.819. The van der Waals surface area contributed by atoms with Crippen molar-refractivity contribution in [3.63, 3.8) is 0 Å². The van der Waals surface area contributed by atoms with Gasteiger partial charge in [0.15, 0.2) is 0 Å². The van der Waals surface area contributed by atoms with E-state index in [1.54, 1.807) is 11.3 Å². The normalized spacial score (nSPS) is 19.6. The minimum atomic E-state index is 0.568. The van der Waals surface area contributed by atoms with Crippen LogP contribution in [-0.4, -0.2) is 30.6 Å². The summed E-state index contributed by atoms with van der Waals surface area (Å²) >= 11 is 1.79. The van der Waals surface area contributed by atoms with Crippen molar-refractivity contribution in [1.29, 1.82) is 0 Å². The molecular weight excluding hydrogens is 192 g/mol. The molecule has 0 aromatic carbocycles. The first kappa shape index (κ1) is 10.1. The molecule has 0 spiro atoms. The lowest BCUT2D eigenvalue weighted by atomic mass is 10.0. The third-order valence-corrected chi connectivity index (χ3v) is 3.82. The van der Waals surface area contributed by atoms with Crippen LogP contribution in [0, 0.1) is 0 Å².